The van der Waals surface area contributed by atoms with Crippen LogP contribution in [0.4, 0.5) is 4.39 Å². The summed E-state index contributed by atoms with van der Waals surface area (Å²) in [5, 5.41) is 34.4. The molecule has 20 nitrogen and oxygen atoms in total. The Morgan fingerprint density at radius 1 is 1.03 bits per heavy atom. The van der Waals surface area contributed by atoms with Crippen LogP contribution in [0.2, 0.25) is 0 Å². The average Bonchev–Trinajstić information content (AvgIpc) is 4.45. The number of rotatable bonds is 17. The molecule has 79 heavy (non-hydrogen) atoms. The third kappa shape index (κ3) is 11.5. The number of nitrogens with two attached hydrogens (primary N) is 1. The highest BCUT2D eigenvalue weighted by Gasteiger charge is 2.74. The zero-order valence-electron chi connectivity index (χ0n) is 48.3. The minimum atomic E-state index is -1.91. The van der Waals surface area contributed by atoms with Crippen LogP contribution in [0.25, 0.3) is 10.4 Å². The number of ether oxygens (including phenoxy) is 9. The van der Waals surface area contributed by atoms with Crippen molar-refractivity contribution in [1.82, 2.24) is 24.9 Å². The first-order valence-corrected chi connectivity index (χ1v) is 28.9. The number of nitrogens with zero attached hydrogens (tertiary/aromatic N) is 6. The quantitative estimate of drug-likeness (QED) is 0.130. The number of carbonyl (C=O) groups is 2. The third-order valence-corrected chi connectivity index (χ3v) is 19.2. The molecule has 0 amide bonds. The van der Waals surface area contributed by atoms with E-state index < -0.39 is 138 Å². The number of fused-ring (bicyclic) bond motifs is 4. The Bertz CT molecular complexity index is 2550. The van der Waals surface area contributed by atoms with E-state index in [0.717, 1.165) is 21.7 Å². The summed E-state index contributed by atoms with van der Waals surface area (Å²) in [6.45, 7) is 17.0. The average molecular weight is 1130 g/mol. The van der Waals surface area contributed by atoms with Crippen molar-refractivity contribution in [2.45, 2.75) is 191 Å². The van der Waals surface area contributed by atoms with Crippen LogP contribution in [0.1, 0.15) is 118 Å². The lowest BCUT2D eigenvalue weighted by molar-refractivity contribution is -0.300. The largest absolute Gasteiger partial charge is 0.458 e. The molecular formula is C57H86FN7O13S. The van der Waals surface area contributed by atoms with E-state index in [4.69, 9.17) is 53.4 Å². The summed E-state index contributed by atoms with van der Waals surface area (Å²) < 4.78 is 75.4. The molecule has 4 N–H and O–H groups in total. The van der Waals surface area contributed by atoms with E-state index in [1.165, 1.54) is 23.1 Å². The smallest absolute Gasteiger partial charge is 0.311 e. The van der Waals surface area contributed by atoms with Gasteiger partial charge in [0.1, 0.15) is 42.2 Å². The molecule has 5 fully saturated rings. The molecular weight excluding hydrogens is 1040 g/mol. The number of hydrogen-bond acceptors (Lipinski definition) is 20. The van der Waals surface area contributed by atoms with Gasteiger partial charge < -0.3 is 58.6 Å². The lowest BCUT2D eigenvalue weighted by Crippen LogP contribution is -2.73. The maximum atomic E-state index is 15.1. The van der Waals surface area contributed by atoms with Crippen LogP contribution in [-0.2, 0) is 58.6 Å². The second kappa shape index (κ2) is 24.9. The van der Waals surface area contributed by atoms with E-state index in [0.29, 0.717) is 31.5 Å². The summed E-state index contributed by atoms with van der Waals surface area (Å²) >= 11 is 1.54. The van der Waals surface area contributed by atoms with Gasteiger partial charge in [-0.2, -0.15) is 0 Å². The van der Waals surface area contributed by atoms with Crippen LogP contribution in [0.15, 0.2) is 47.2 Å². The molecule has 22 heteroatoms. The number of benzene rings is 1. The molecule has 0 saturated carbocycles. The minimum absolute atomic E-state index is 0.0585. The summed E-state index contributed by atoms with van der Waals surface area (Å²) in [5.74, 6) is -4.09. The highest BCUT2D eigenvalue weighted by Crippen LogP contribution is 2.56. The van der Waals surface area contributed by atoms with E-state index >= 15 is 4.39 Å². The SMILES string of the molecule is CC[C@H]1OC(=O)[C@H](C)[C@@H](O[C@H]2C[C@@](C)(OC)[C@@H](O)C(C)O2)[C@H](C)[C@H]2OC3OC(C)CC(N(C)CCc4cn([C@H](CF)C(OC)c5ccc(-c6cncs6)cc5)nn4)[C@]3(O)[C@@]2(OC)C[C@@H](C)C(=NCCN)[C@H](C)[C@H]2CC(=O)O[C@@]21C. The molecule has 2 aromatic heterocycles. The Labute approximate surface area is 468 Å². The molecule has 7 heterocycles. The van der Waals surface area contributed by atoms with Crippen LogP contribution in [-0.4, -0.2) is 185 Å². The van der Waals surface area contributed by atoms with Gasteiger partial charge in [0.2, 0.25) is 0 Å². The Morgan fingerprint density at radius 3 is 2.39 bits per heavy atom. The van der Waals surface area contributed by atoms with Crippen molar-refractivity contribution < 1.29 is 66.8 Å². The number of esters is 2. The molecule has 440 valence electrons. The van der Waals surface area contributed by atoms with E-state index in [-0.39, 0.29) is 32.4 Å². The monoisotopic (exact) mass is 1130 g/mol. The highest BCUT2D eigenvalue weighted by atomic mass is 32.1. The first-order valence-electron chi connectivity index (χ1n) is 28.1. The maximum absolute atomic E-state index is 15.1. The number of aliphatic imine (C=N–C) groups is 1. The van der Waals surface area contributed by atoms with Gasteiger partial charge in [-0.25, -0.2) is 9.07 Å². The molecule has 5 unspecified atom stereocenters. The third-order valence-electron chi connectivity index (χ3n) is 18.4. The van der Waals surface area contributed by atoms with Gasteiger partial charge in [0.15, 0.2) is 18.2 Å². The van der Waals surface area contributed by atoms with Gasteiger partial charge in [-0.05, 0) is 78.0 Å². The zero-order valence-corrected chi connectivity index (χ0v) is 49.1. The summed E-state index contributed by atoms with van der Waals surface area (Å²) in [4.78, 5) is 41.0. The summed E-state index contributed by atoms with van der Waals surface area (Å²) in [6, 6.07) is 6.31. The van der Waals surface area contributed by atoms with Crippen molar-refractivity contribution in [3.8, 4) is 10.4 Å². The molecule has 20 atom stereocenters. The van der Waals surface area contributed by atoms with Gasteiger partial charge in [-0.3, -0.25) is 24.5 Å². The second-order valence-corrected chi connectivity index (χ2v) is 24.2. The Kier molecular flexibility index (Phi) is 19.3. The van der Waals surface area contributed by atoms with Crippen LogP contribution in [0.3, 0.4) is 0 Å². The van der Waals surface area contributed by atoms with Gasteiger partial charge >= 0.3 is 11.9 Å². The maximum Gasteiger partial charge on any atom is 0.311 e. The Morgan fingerprint density at radius 2 is 1.76 bits per heavy atom. The molecule has 5 saturated heterocycles. The fourth-order valence-electron chi connectivity index (χ4n) is 13.9. The van der Waals surface area contributed by atoms with Crippen molar-refractivity contribution in [2.75, 3.05) is 54.7 Å². The Balaban J connectivity index is 1.17. The molecule has 0 spiro atoms. The number of hydrogen-bond donors (Lipinski definition) is 3. The van der Waals surface area contributed by atoms with Gasteiger partial charge in [-0.15, -0.1) is 16.4 Å². The molecule has 0 bridgehead atoms. The highest BCUT2D eigenvalue weighted by molar-refractivity contribution is 7.13. The second-order valence-electron chi connectivity index (χ2n) is 23.3. The lowest BCUT2D eigenvalue weighted by atomic mass is 9.63. The molecule has 0 aliphatic carbocycles. The van der Waals surface area contributed by atoms with Gasteiger partial charge in [0.25, 0.3) is 0 Å². The van der Waals surface area contributed by atoms with E-state index in [1.54, 1.807) is 46.7 Å². The normalized spacial score (nSPS) is 39.6. The van der Waals surface area contributed by atoms with Crippen molar-refractivity contribution in [1.29, 1.82) is 0 Å². The standard InChI is InChI=1S/C57H86FN7O13S/c1-14-44-55(9)40(24-45(66)78-55)33(4)47(61-21-20-59)31(2)25-56(72-13)51(34(5)48(35(6)52(68)75-44)76-46-26-54(8,71-12)50(67)36(7)74-46)77-53-57(56,69)43(23-32(3)73-53)64(10)22-19-39-29-65(63-62-39)41(27-58)49(70-11)38-17-15-37(16-18-38)42-28-60-30-79-42/h15-18,28-36,40-41,43-44,46,48-51,53,67,69H,14,19-27,59H2,1-13H3/t31-,32?,33-,34+,35-,36?,40-,41-,43?,44-,46+,48+,49?,50+,51-,53?,54-,55+,56-,57-/m1/s1. The Hall–Kier alpha value is -3.91. The fourth-order valence-corrected chi connectivity index (χ4v) is 14.5. The number of aliphatic hydroxyl groups excluding tert-OH is 1. The first kappa shape index (κ1) is 61.2. The van der Waals surface area contributed by atoms with Gasteiger partial charge in [-0.1, -0.05) is 57.2 Å². The van der Waals surface area contributed by atoms with Crippen molar-refractivity contribution in [3.63, 3.8) is 0 Å². The predicted octanol–water partition coefficient (Wildman–Crippen LogP) is 6.07. The van der Waals surface area contributed by atoms with Crippen LogP contribution in [0.5, 0.6) is 0 Å². The number of aromatic nitrogens is 4. The van der Waals surface area contributed by atoms with Crippen molar-refractivity contribution >= 4 is 29.0 Å². The molecule has 5 aliphatic rings. The lowest BCUT2D eigenvalue weighted by Gasteiger charge is -2.55. The van der Waals surface area contributed by atoms with Crippen LogP contribution >= 0.6 is 11.3 Å². The van der Waals surface area contributed by atoms with Gasteiger partial charge in [0, 0.05) is 89.2 Å². The summed E-state index contributed by atoms with van der Waals surface area (Å²) in [7, 11) is 6.57. The minimum Gasteiger partial charge on any atom is -0.458 e. The molecule has 0 radical (unpaired) electrons. The van der Waals surface area contributed by atoms with E-state index in [1.807, 2.05) is 79.1 Å². The fraction of sp³-hybridized carbons (Fsp3) is 0.754. The zero-order chi connectivity index (χ0) is 57.4. The summed E-state index contributed by atoms with van der Waals surface area (Å²) in [5.41, 5.74) is 5.23. The van der Waals surface area contributed by atoms with E-state index in [2.05, 4.69) is 20.2 Å². The van der Waals surface area contributed by atoms with Crippen molar-refractivity contribution in [2.24, 2.45) is 40.3 Å². The number of carbonyl (C=O) groups excluding carboxylic acids is 2. The number of aliphatic hydroxyl groups is 2. The van der Waals surface area contributed by atoms with Gasteiger partial charge in [0.05, 0.1) is 65.0 Å². The molecule has 8 rings (SSSR count). The number of cyclic esters (lactones) is 1. The number of halogens is 1. The number of alkyl halides is 1. The first-order chi connectivity index (χ1) is 37.6. The number of thiazole rings is 1. The molecule has 3 aromatic rings. The topological polar surface area (TPSA) is 243 Å². The van der Waals surface area contributed by atoms with Crippen LogP contribution in [0, 0.1) is 29.6 Å². The predicted molar refractivity (Wildman–Crippen MR) is 292 cm³/mol. The number of likely N-dealkylation sites (N-methyl/N-ethyl adjacent to an activating group) is 1. The molecule has 5 aliphatic heterocycles. The number of methoxy groups -OCH3 is 3. The molecule has 1 aromatic carbocycles. The van der Waals surface area contributed by atoms with Crippen LogP contribution < -0.4 is 5.73 Å². The van der Waals surface area contributed by atoms with Crippen molar-refractivity contribution in [3.05, 3.63) is 53.4 Å². The van der Waals surface area contributed by atoms with E-state index in [9.17, 15) is 19.8 Å². The summed E-state index contributed by atoms with van der Waals surface area (Å²) in [6.07, 6.45) is -2.94.